The summed E-state index contributed by atoms with van der Waals surface area (Å²) in [5.41, 5.74) is 12.5. The van der Waals surface area contributed by atoms with Gasteiger partial charge in [0, 0.05) is 24.7 Å². The summed E-state index contributed by atoms with van der Waals surface area (Å²) in [6, 6.07) is 7.35. The van der Waals surface area contributed by atoms with E-state index in [1.54, 1.807) is 11.0 Å². The summed E-state index contributed by atoms with van der Waals surface area (Å²) in [5, 5.41) is 0. The number of rotatable bonds is 3. The molecule has 2 rings (SSSR count). The minimum Gasteiger partial charge on any atom is -0.399 e. The summed E-state index contributed by atoms with van der Waals surface area (Å²) in [6.07, 6.45) is 1.68. The SMILES string of the molecule is NC(=O)C1CCN(C(=O)Cc2cccc(N)c2)CC1. The highest BCUT2D eigenvalue weighted by Gasteiger charge is 2.25. The fraction of sp³-hybridized carbons (Fsp3) is 0.429. The highest BCUT2D eigenvalue weighted by atomic mass is 16.2. The summed E-state index contributed by atoms with van der Waals surface area (Å²) in [7, 11) is 0. The molecule has 1 aliphatic rings. The number of carbonyl (C=O) groups excluding carboxylic acids is 2. The van der Waals surface area contributed by atoms with Gasteiger partial charge in [0.15, 0.2) is 0 Å². The van der Waals surface area contributed by atoms with Crippen LogP contribution in [-0.4, -0.2) is 29.8 Å². The van der Waals surface area contributed by atoms with Gasteiger partial charge in [0.05, 0.1) is 6.42 Å². The Bertz CT molecular complexity index is 479. The minimum absolute atomic E-state index is 0.0773. The summed E-state index contributed by atoms with van der Waals surface area (Å²) < 4.78 is 0. The zero-order valence-electron chi connectivity index (χ0n) is 10.8. The number of nitrogens with two attached hydrogens (primary N) is 2. The zero-order chi connectivity index (χ0) is 13.8. The number of likely N-dealkylation sites (tertiary alicyclic amines) is 1. The van der Waals surface area contributed by atoms with Gasteiger partial charge in [-0.3, -0.25) is 9.59 Å². The maximum absolute atomic E-state index is 12.1. The molecule has 1 heterocycles. The molecule has 5 nitrogen and oxygen atoms in total. The van der Waals surface area contributed by atoms with Gasteiger partial charge in [0.2, 0.25) is 11.8 Å². The summed E-state index contributed by atoms with van der Waals surface area (Å²) in [6.45, 7) is 1.21. The first-order valence-electron chi connectivity index (χ1n) is 6.48. The van der Waals surface area contributed by atoms with E-state index in [0.29, 0.717) is 38.0 Å². The molecule has 1 fully saturated rings. The van der Waals surface area contributed by atoms with Crippen molar-refractivity contribution >= 4 is 17.5 Å². The summed E-state index contributed by atoms with van der Waals surface area (Å²) >= 11 is 0. The van der Waals surface area contributed by atoms with E-state index in [-0.39, 0.29) is 17.7 Å². The molecule has 1 aromatic rings. The molecule has 5 heteroatoms. The van der Waals surface area contributed by atoms with Crippen LogP contribution in [0.15, 0.2) is 24.3 Å². The predicted molar refractivity (Wildman–Crippen MR) is 73.1 cm³/mol. The van der Waals surface area contributed by atoms with Crippen LogP contribution in [-0.2, 0) is 16.0 Å². The molecule has 0 aromatic heterocycles. The fourth-order valence-corrected chi connectivity index (χ4v) is 2.40. The van der Waals surface area contributed by atoms with Gasteiger partial charge in [-0.2, -0.15) is 0 Å². The third kappa shape index (κ3) is 3.47. The Balaban J connectivity index is 1.90. The largest absolute Gasteiger partial charge is 0.399 e. The molecule has 1 aliphatic heterocycles. The molecule has 1 aromatic carbocycles. The molecule has 1 saturated heterocycles. The lowest BCUT2D eigenvalue weighted by Gasteiger charge is -2.30. The van der Waals surface area contributed by atoms with E-state index in [9.17, 15) is 9.59 Å². The average Bonchev–Trinajstić information content (AvgIpc) is 2.39. The van der Waals surface area contributed by atoms with Gasteiger partial charge < -0.3 is 16.4 Å². The second kappa shape index (κ2) is 5.73. The molecule has 0 bridgehead atoms. The highest BCUT2D eigenvalue weighted by molar-refractivity contribution is 5.80. The molecule has 0 radical (unpaired) electrons. The van der Waals surface area contributed by atoms with Crippen LogP contribution >= 0.6 is 0 Å². The molecule has 0 aliphatic carbocycles. The van der Waals surface area contributed by atoms with Crippen molar-refractivity contribution in [2.45, 2.75) is 19.3 Å². The number of anilines is 1. The number of hydrogen-bond acceptors (Lipinski definition) is 3. The van der Waals surface area contributed by atoms with Crippen LogP contribution in [0.4, 0.5) is 5.69 Å². The third-order valence-electron chi connectivity index (χ3n) is 3.56. The maximum Gasteiger partial charge on any atom is 0.226 e. The van der Waals surface area contributed by atoms with Crippen LogP contribution in [0, 0.1) is 5.92 Å². The van der Waals surface area contributed by atoms with Crippen molar-refractivity contribution in [1.82, 2.24) is 4.90 Å². The molecule has 0 spiro atoms. The van der Waals surface area contributed by atoms with Gasteiger partial charge in [-0.15, -0.1) is 0 Å². The quantitative estimate of drug-likeness (QED) is 0.778. The van der Waals surface area contributed by atoms with E-state index >= 15 is 0 Å². The number of nitrogens with zero attached hydrogens (tertiary/aromatic N) is 1. The van der Waals surface area contributed by atoms with Crippen molar-refractivity contribution in [3.63, 3.8) is 0 Å². The zero-order valence-corrected chi connectivity index (χ0v) is 10.8. The van der Waals surface area contributed by atoms with Crippen molar-refractivity contribution in [2.24, 2.45) is 11.7 Å². The van der Waals surface area contributed by atoms with Crippen molar-refractivity contribution in [3.05, 3.63) is 29.8 Å². The Morgan fingerprint density at radius 2 is 1.95 bits per heavy atom. The van der Waals surface area contributed by atoms with Crippen molar-refractivity contribution in [3.8, 4) is 0 Å². The number of nitrogen functional groups attached to an aromatic ring is 1. The molecular formula is C14H19N3O2. The second-order valence-electron chi connectivity index (χ2n) is 4.98. The summed E-state index contributed by atoms with van der Waals surface area (Å²) in [5.74, 6) is -0.270. The number of primary amides is 1. The smallest absolute Gasteiger partial charge is 0.226 e. The van der Waals surface area contributed by atoms with Crippen LogP contribution < -0.4 is 11.5 Å². The van der Waals surface area contributed by atoms with Crippen LogP contribution in [0.2, 0.25) is 0 Å². The minimum atomic E-state index is -0.261. The van der Waals surface area contributed by atoms with Gasteiger partial charge in [-0.1, -0.05) is 12.1 Å². The molecule has 0 unspecified atom stereocenters. The van der Waals surface area contributed by atoms with Crippen LogP contribution in [0.1, 0.15) is 18.4 Å². The highest BCUT2D eigenvalue weighted by Crippen LogP contribution is 2.18. The average molecular weight is 261 g/mol. The van der Waals surface area contributed by atoms with E-state index in [4.69, 9.17) is 11.5 Å². The Morgan fingerprint density at radius 1 is 1.26 bits per heavy atom. The number of carbonyl (C=O) groups is 2. The maximum atomic E-state index is 12.1. The van der Waals surface area contributed by atoms with E-state index in [0.717, 1.165) is 5.56 Å². The monoisotopic (exact) mass is 261 g/mol. The van der Waals surface area contributed by atoms with Gasteiger partial charge in [0.1, 0.15) is 0 Å². The van der Waals surface area contributed by atoms with Gasteiger partial charge in [-0.25, -0.2) is 0 Å². The predicted octanol–water partition coefficient (Wildman–Crippen LogP) is 0.535. The molecule has 102 valence electrons. The fourth-order valence-electron chi connectivity index (χ4n) is 2.40. The number of benzene rings is 1. The Hall–Kier alpha value is -2.04. The number of hydrogen-bond donors (Lipinski definition) is 2. The first-order valence-corrected chi connectivity index (χ1v) is 6.48. The van der Waals surface area contributed by atoms with Crippen LogP contribution in [0.5, 0.6) is 0 Å². The van der Waals surface area contributed by atoms with Crippen molar-refractivity contribution in [1.29, 1.82) is 0 Å². The van der Waals surface area contributed by atoms with Crippen molar-refractivity contribution in [2.75, 3.05) is 18.8 Å². The molecule has 4 N–H and O–H groups in total. The molecule has 0 atom stereocenters. The molecule has 19 heavy (non-hydrogen) atoms. The van der Waals surface area contributed by atoms with E-state index in [2.05, 4.69) is 0 Å². The second-order valence-corrected chi connectivity index (χ2v) is 4.98. The summed E-state index contributed by atoms with van der Waals surface area (Å²) in [4.78, 5) is 25.0. The lowest BCUT2D eigenvalue weighted by atomic mass is 9.96. The Kier molecular flexibility index (Phi) is 4.04. The van der Waals surface area contributed by atoms with E-state index in [1.807, 2.05) is 18.2 Å². The molecular weight excluding hydrogens is 242 g/mol. The Morgan fingerprint density at radius 3 is 2.53 bits per heavy atom. The van der Waals surface area contributed by atoms with Crippen molar-refractivity contribution < 1.29 is 9.59 Å². The topological polar surface area (TPSA) is 89.4 Å². The van der Waals surface area contributed by atoms with Gasteiger partial charge in [-0.05, 0) is 30.5 Å². The molecule has 2 amide bonds. The first-order chi connectivity index (χ1) is 9.06. The first kappa shape index (κ1) is 13.4. The number of piperidine rings is 1. The standard InChI is InChI=1S/C14H19N3O2/c15-12-3-1-2-10(8-12)9-13(18)17-6-4-11(5-7-17)14(16)19/h1-3,8,11H,4-7,9,15H2,(H2,16,19). The van der Waals surface area contributed by atoms with Crippen LogP contribution in [0.3, 0.4) is 0 Å². The van der Waals surface area contributed by atoms with Gasteiger partial charge in [0.25, 0.3) is 0 Å². The van der Waals surface area contributed by atoms with Crippen LogP contribution in [0.25, 0.3) is 0 Å². The number of amides is 2. The lowest BCUT2D eigenvalue weighted by molar-refractivity contribution is -0.134. The molecule has 0 saturated carbocycles. The Labute approximate surface area is 112 Å². The van der Waals surface area contributed by atoms with E-state index in [1.165, 1.54) is 0 Å². The van der Waals surface area contributed by atoms with E-state index < -0.39 is 0 Å². The lowest BCUT2D eigenvalue weighted by Crippen LogP contribution is -2.42. The third-order valence-corrected chi connectivity index (χ3v) is 3.56. The van der Waals surface area contributed by atoms with Gasteiger partial charge >= 0.3 is 0 Å². The normalized spacial score (nSPS) is 16.3.